The van der Waals surface area contributed by atoms with Crippen LogP contribution in [0.15, 0.2) is 0 Å². The second-order valence-electron chi connectivity index (χ2n) is 3.51. The first kappa shape index (κ1) is 10.9. The Balaban J connectivity index is 1.93. The lowest BCUT2D eigenvalue weighted by Crippen LogP contribution is -2.40. The summed E-state index contributed by atoms with van der Waals surface area (Å²) in [6, 6.07) is 0.0893. The van der Waals surface area contributed by atoms with E-state index in [4.69, 9.17) is 15.2 Å². The smallest absolute Gasteiger partial charge is 0.0700 e. The highest BCUT2D eigenvalue weighted by Crippen LogP contribution is 2.10. The highest BCUT2D eigenvalue weighted by molar-refractivity contribution is 4.70. The van der Waals surface area contributed by atoms with Gasteiger partial charge in [0.25, 0.3) is 0 Å². The molecule has 1 fully saturated rings. The molecule has 4 nitrogen and oxygen atoms in total. The molecule has 0 aromatic rings. The van der Waals surface area contributed by atoms with E-state index in [0.717, 1.165) is 19.7 Å². The highest BCUT2D eigenvalue weighted by Gasteiger charge is 2.14. The van der Waals surface area contributed by atoms with Gasteiger partial charge in [-0.2, -0.15) is 0 Å². The van der Waals surface area contributed by atoms with Crippen molar-refractivity contribution in [2.24, 2.45) is 5.73 Å². The van der Waals surface area contributed by atoms with Crippen LogP contribution in [0.4, 0.5) is 0 Å². The van der Waals surface area contributed by atoms with E-state index in [1.807, 2.05) is 0 Å². The van der Waals surface area contributed by atoms with Crippen LogP contribution in [-0.4, -0.2) is 45.6 Å². The topological polar surface area (TPSA) is 56.5 Å². The zero-order valence-electron chi connectivity index (χ0n) is 8.29. The van der Waals surface area contributed by atoms with Crippen LogP contribution in [0.25, 0.3) is 0 Å². The van der Waals surface area contributed by atoms with Gasteiger partial charge in [0.2, 0.25) is 0 Å². The standard InChI is InChI=1S/C9H20N2O2/c1-12-7-8(10)5-11-6-9-3-2-4-13-9/h8-9,11H,2-7,10H2,1H3. The maximum atomic E-state index is 5.74. The third-order valence-corrected chi connectivity index (χ3v) is 2.18. The number of hydrogen-bond acceptors (Lipinski definition) is 4. The fraction of sp³-hybridized carbons (Fsp3) is 1.00. The predicted molar refractivity (Wildman–Crippen MR) is 51.7 cm³/mol. The Labute approximate surface area is 79.8 Å². The monoisotopic (exact) mass is 188 g/mol. The second-order valence-corrected chi connectivity index (χ2v) is 3.51. The average Bonchev–Trinajstić information content (AvgIpc) is 2.57. The van der Waals surface area contributed by atoms with Crippen molar-refractivity contribution in [3.63, 3.8) is 0 Å². The van der Waals surface area contributed by atoms with E-state index in [1.165, 1.54) is 12.8 Å². The molecule has 0 aliphatic carbocycles. The molecule has 78 valence electrons. The van der Waals surface area contributed by atoms with E-state index in [0.29, 0.717) is 12.7 Å². The summed E-state index contributed by atoms with van der Waals surface area (Å²) in [6.45, 7) is 3.24. The lowest BCUT2D eigenvalue weighted by Gasteiger charge is -2.14. The summed E-state index contributed by atoms with van der Waals surface area (Å²) in [4.78, 5) is 0. The zero-order valence-corrected chi connectivity index (χ0v) is 8.29. The Kier molecular flexibility index (Phi) is 5.31. The SMILES string of the molecule is COCC(N)CNCC1CCCO1. The molecular weight excluding hydrogens is 168 g/mol. The van der Waals surface area contributed by atoms with Crippen LogP contribution in [0.1, 0.15) is 12.8 Å². The molecule has 0 aromatic carbocycles. The molecule has 0 saturated carbocycles. The largest absolute Gasteiger partial charge is 0.383 e. The fourth-order valence-electron chi connectivity index (χ4n) is 1.51. The van der Waals surface area contributed by atoms with Gasteiger partial charge in [0.05, 0.1) is 12.7 Å². The maximum Gasteiger partial charge on any atom is 0.0700 e. The van der Waals surface area contributed by atoms with Gasteiger partial charge < -0.3 is 20.5 Å². The average molecular weight is 188 g/mol. The van der Waals surface area contributed by atoms with Crippen molar-refractivity contribution < 1.29 is 9.47 Å². The van der Waals surface area contributed by atoms with Gasteiger partial charge >= 0.3 is 0 Å². The number of hydrogen-bond donors (Lipinski definition) is 2. The molecule has 3 N–H and O–H groups in total. The molecule has 0 aromatic heterocycles. The molecule has 1 heterocycles. The Bertz CT molecular complexity index is 127. The zero-order chi connectivity index (χ0) is 9.52. The van der Waals surface area contributed by atoms with Gasteiger partial charge in [-0.25, -0.2) is 0 Å². The number of methoxy groups -OCH3 is 1. The summed E-state index contributed by atoms with van der Waals surface area (Å²) in [5.74, 6) is 0. The van der Waals surface area contributed by atoms with Gasteiger partial charge in [-0.05, 0) is 12.8 Å². The van der Waals surface area contributed by atoms with Crippen molar-refractivity contribution in [2.45, 2.75) is 25.0 Å². The van der Waals surface area contributed by atoms with Crippen molar-refractivity contribution in [1.82, 2.24) is 5.32 Å². The van der Waals surface area contributed by atoms with Crippen molar-refractivity contribution in [3.8, 4) is 0 Å². The summed E-state index contributed by atoms with van der Waals surface area (Å²) in [7, 11) is 1.67. The first-order valence-electron chi connectivity index (χ1n) is 4.89. The first-order valence-corrected chi connectivity index (χ1v) is 4.89. The van der Waals surface area contributed by atoms with Gasteiger partial charge in [0, 0.05) is 32.8 Å². The first-order chi connectivity index (χ1) is 6.33. The predicted octanol–water partition coefficient (Wildman–Crippen LogP) is -0.271. The van der Waals surface area contributed by atoms with Crippen molar-refractivity contribution >= 4 is 0 Å². The molecule has 1 aliphatic rings. The molecule has 1 aliphatic heterocycles. The summed E-state index contributed by atoms with van der Waals surface area (Å²) >= 11 is 0. The molecule has 1 rings (SSSR count). The lowest BCUT2D eigenvalue weighted by molar-refractivity contribution is 0.108. The minimum Gasteiger partial charge on any atom is -0.383 e. The Morgan fingerprint density at radius 2 is 2.54 bits per heavy atom. The van der Waals surface area contributed by atoms with E-state index in [-0.39, 0.29) is 6.04 Å². The normalized spacial score (nSPS) is 24.9. The van der Waals surface area contributed by atoms with Gasteiger partial charge in [0.15, 0.2) is 0 Å². The minimum absolute atomic E-state index is 0.0893. The van der Waals surface area contributed by atoms with Crippen molar-refractivity contribution in [2.75, 3.05) is 33.4 Å². The Morgan fingerprint density at radius 3 is 3.15 bits per heavy atom. The summed E-state index contributed by atoms with van der Waals surface area (Å²) in [5, 5.41) is 3.28. The van der Waals surface area contributed by atoms with Gasteiger partial charge in [-0.1, -0.05) is 0 Å². The number of nitrogens with one attached hydrogen (secondary N) is 1. The van der Waals surface area contributed by atoms with E-state index in [1.54, 1.807) is 7.11 Å². The molecule has 4 heteroatoms. The second kappa shape index (κ2) is 6.32. The van der Waals surface area contributed by atoms with Crippen LogP contribution in [-0.2, 0) is 9.47 Å². The highest BCUT2D eigenvalue weighted by atomic mass is 16.5. The molecule has 0 amide bonds. The van der Waals surface area contributed by atoms with Crippen molar-refractivity contribution in [1.29, 1.82) is 0 Å². The van der Waals surface area contributed by atoms with Crippen LogP contribution in [0, 0.1) is 0 Å². The Hall–Kier alpha value is -0.160. The van der Waals surface area contributed by atoms with Gasteiger partial charge in [-0.3, -0.25) is 0 Å². The molecule has 1 saturated heterocycles. The maximum absolute atomic E-state index is 5.74. The number of ether oxygens (including phenoxy) is 2. The molecule has 2 unspecified atom stereocenters. The molecule has 13 heavy (non-hydrogen) atoms. The molecule has 0 spiro atoms. The van der Waals surface area contributed by atoms with Gasteiger partial charge in [-0.15, -0.1) is 0 Å². The summed E-state index contributed by atoms with van der Waals surface area (Å²) in [6.07, 6.45) is 2.76. The molecule has 2 atom stereocenters. The molecule has 0 radical (unpaired) electrons. The molecular formula is C9H20N2O2. The van der Waals surface area contributed by atoms with E-state index in [2.05, 4.69) is 5.32 Å². The third-order valence-electron chi connectivity index (χ3n) is 2.18. The minimum atomic E-state index is 0.0893. The summed E-state index contributed by atoms with van der Waals surface area (Å²) < 4.78 is 10.4. The van der Waals surface area contributed by atoms with E-state index in [9.17, 15) is 0 Å². The Morgan fingerprint density at radius 1 is 1.69 bits per heavy atom. The quantitative estimate of drug-likeness (QED) is 0.602. The van der Waals surface area contributed by atoms with Crippen LogP contribution in [0.2, 0.25) is 0 Å². The van der Waals surface area contributed by atoms with Crippen molar-refractivity contribution in [3.05, 3.63) is 0 Å². The summed E-state index contributed by atoms with van der Waals surface area (Å²) in [5.41, 5.74) is 5.74. The van der Waals surface area contributed by atoms with E-state index < -0.39 is 0 Å². The van der Waals surface area contributed by atoms with Crippen LogP contribution in [0.3, 0.4) is 0 Å². The lowest BCUT2D eigenvalue weighted by atomic mass is 10.2. The van der Waals surface area contributed by atoms with Crippen LogP contribution < -0.4 is 11.1 Å². The fourth-order valence-corrected chi connectivity index (χ4v) is 1.51. The van der Waals surface area contributed by atoms with Crippen LogP contribution in [0.5, 0.6) is 0 Å². The third kappa shape index (κ3) is 4.57. The van der Waals surface area contributed by atoms with E-state index >= 15 is 0 Å². The number of nitrogens with two attached hydrogens (primary N) is 1. The number of rotatable bonds is 6. The van der Waals surface area contributed by atoms with Crippen LogP contribution >= 0.6 is 0 Å². The molecule has 0 bridgehead atoms. The van der Waals surface area contributed by atoms with Gasteiger partial charge in [0.1, 0.15) is 0 Å².